The molecule has 8 heteroatoms. The highest BCUT2D eigenvalue weighted by molar-refractivity contribution is 9.10. The Balaban J connectivity index is 2.40. The molecule has 0 aliphatic rings. The van der Waals surface area contributed by atoms with Crippen LogP contribution < -0.4 is 10.6 Å². The number of nitrogens with one attached hydrogen (secondary N) is 2. The van der Waals surface area contributed by atoms with E-state index in [1.54, 1.807) is 25.2 Å². The second-order valence-corrected chi connectivity index (χ2v) is 5.03. The Kier molecular flexibility index (Phi) is 4.41. The summed E-state index contributed by atoms with van der Waals surface area (Å²) in [5.41, 5.74) is 0.623. The van der Waals surface area contributed by atoms with Gasteiger partial charge in [0.2, 0.25) is 0 Å². The molecular weight excluding hydrogens is 348 g/mol. The molecule has 1 heterocycles. The van der Waals surface area contributed by atoms with Crippen molar-refractivity contribution in [3.63, 3.8) is 0 Å². The van der Waals surface area contributed by atoms with Gasteiger partial charge < -0.3 is 10.6 Å². The average molecular weight is 358 g/mol. The normalized spacial score (nSPS) is 10.2. The van der Waals surface area contributed by atoms with Gasteiger partial charge in [0.05, 0.1) is 32.2 Å². The standard InChI is InChI=1S/C12H10BrClN4O2/c1-15-10-5-7(18(19)20)6-11(17-10)16-9-4-2-3-8(14)12(9)13/h2-6H,1H3,(H2,15,16,17). The molecule has 2 N–H and O–H groups in total. The van der Waals surface area contributed by atoms with Gasteiger partial charge >= 0.3 is 0 Å². The first-order valence-corrected chi connectivity index (χ1v) is 6.73. The Hall–Kier alpha value is -1.86. The van der Waals surface area contributed by atoms with Gasteiger partial charge in [-0.1, -0.05) is 17.7 Å². The molecule has 1 aromatic carbocycles. The monoisotopic (exact) mass is 356 g/mol. The molecule has 0 saturated carbocycles. The summed E-state index contributed by atoms with van der Waals surface area (Å²) in [6, 6.07) is 8.00. The molecular formula is C12H10BrClN4O2. The van der Waals surface area contributed by atoms with Crippen molar-refractivity contribution in [2.75, 3.05) is 17.7 Å². The molecule has 0 atom stereocenters. The average Bonchev–Trinajstić information content (AvgIpc) is 2.43. The van der Waals surface area contributed by atoms with E-state index in [1.807, 2.05) is 0 Å². The zero-order chi connectivity index (χ0) is 14.7. The molecule has 20 heavy (non-hydrogen) atoms. The van der Waals surface area contributed by atoms with Crippen LogP contribution >= 0.6 is 27.5 Å². The van der Waals surface area contributed by atoms with Crippen molar-refractivity contribution in [1.29, 1.82) is 0 Å². The second kappa shape index (κ2) is 6.06. The molecule has 0 spiro atoms. The van der Waals surface area contributed by atoms with Crippen LogP contribution in [0.25, 0.3) is 0 Å². The van der Waals surface area contributed by atoms with Gasteiger partial charge in [-0.05, 0) is 28.1 Å². The molecule has 2 rings (SSSR count). The zero-order valence-electron chi connectivity index (χ0n) is 10.4. The summed E-state index contributed by atoms with van der Waals surface area (Å²) in [6.07, 6.45) is 0. The number of anilines is 3. The third-order valence-corrected chi connectivity index (χ3v) is 3.89. The van der Waals surface area contributed by atoms with Crippen molar-refractivity contribution in [2.24, 2.45) is 0 Å². The van der Waals surface area contributed by atoms with Crippen LogP contribution in [0.2, 0.25) is 5.02 Å². The summed E-state index contributed by atoms with van der Waals surface area (Å²) in [5, 5.41) is 17.2. The van der Waals surface area contributed by atoms with E-state index in [2.05, 4.69) is 31.5 Å². The summed E-state index contributed by atoms with van der Waals surface area (Å²) in [7, 11) is 1.64. The number of aromatic nitrogens is 1. The van der Waals surface area contributed by atoms with Gasteiger partial charge in [0.15, 0.2) is 0 Å². The van der Waals surface area contributed by atoms with Crippen LogP contribution in [0, 0.1) is 10.1 Å². The second-order valence-electron chi connectivity index (χ2n) is 3.83. The summed E-state index contributed by atoms with van der Waals surface area (Å²) in [4.78, 5) is 14.6. The highest BCUT2D eigenvalue weighted by Gasteiger charge is 2.12. The maximum atomic E-state index is 10.9. The fraction of sp³-hybridized carbons (Fsp3) is 0.0833. The topological polar surface area (TPSA) is 80.1 Å². The lowest BCUT2D eigenvalue weighted by Crippen LogP contribution is -2.00. The minimum absolute atomic E-state index is 0.0509. The van der Waals surface area contributed by atoms with E-state index in [0.29, 0.717) is 26.8 Å². The molecule has 0 aliphatic carbocycles. The van der Waals surface area contributed by atoms with Crippen LogP contribution in [-0.2, 0) is 0 Å². The van der Waals surface area contributed by atoms with Gasteiger partial charge in [0, 0.05) is 7.05 Å². The minimum Gasteiger partial charge on any atom is -0.373 e. The number of hydrogen-bond donors (Lipinski definition) is 2. The number of pyridine rings is 1. The van der Waals surface area contributed by atoms with Gasteiger partial charge in [-0.2, -0.15) is 0 Å². The van der Waals surface area contributed by atoms with E-state index in [9.17, 15) is 10.1 Å². The Morgan fingerprint density at radius 1 is 1.35 bits per heavy atom. The highest BCUT2D eigenvalue weighted by Crippen LogP contribution is 2.32. The van der Waals surface area contributed by atoms with Crippen molar-refractivity contribution in [3.8, 4) is 0 Å². The summed E-state index contributed by atoms with van der Waals surface area (Å²) >= 11 is 9.34. The van der Waals surface area contributed by atoms with Crippen LogP contribution in [0.15, 0.2) is 34.8 Å². The lowest BCUT2D eigenvalue weighted by molar-refractivity contribution is -0.384. The van der Waals surface area contributed by atoms with E-state index in [-0.39, 0.29) is 5.69 Å². The summed E-state index contributed by atoms with van der Waals surface area (Å²) in [5.74, 6) is 0.756. The van der Waals surface area contributed by atoms with E-state index in [0.717, 1.165) is 0 Å². The lowest BCUT2D eigenvalue weighted by Gasteiger charge is -2.10. The molecule has 0 unspecified atom stereocenters. The molecule has 6 nitrogen and oxygen atoms in total. The third-order valence-electron chi connectivity index (χ3n) is 2.49. The van der Waals surface area contributed by atoms with Crippen LogP contribution in [0.5, 0.6) is 0 Å². The number of benzene rings is 1. The largest absolute Gasteiger partial charge is 0.373 e. The molecule has 0 radical (unpaired) electrons. The molecule has 0 fully saturated rings. The Morgan fingerprint density at radius 3 is 2.70 bits per heavy atom. The van der Waals surface area contributed by atoms with E-state index in [4.69, 9.17) is 11.6 Å². The van der Waals surface area contributed by atoms with Crippen molar-refractivity contribution >= 4 is 50.5 Å². The van der Waals surface area contributed by atoms with Crippen molar-refractivity contribution in [1.82, 2.24) is 4.98 Å². The number of rotatable bonds is 4. The summed E-state index contributed by atoms with van der Waals surface area (Å²) in [6.45, 7) is 0. The first-order valence-electron chi connectivity index (χ1n) is 5.56. The predicted octanol–water partition coefficient (Wildman–Crippen LogP) is 4.19. The lowest BCUT2D eigenvalue weighted by atomic mass is 10.3. The predicted molar refractivity (Wildman–Crippen MR) is 82.9 cm³/mol. The van der Waals surface area contributed by atoms with E-state index < -0.39 is 4.92 Å². The number of nitrogens with zero attached hydrogens (tertiary/aromatic N) is 2. The van der Waals surface area contributed by atoms with Gasteiger partial charge in [-0.25, -0.2) is 4.98 Å². The molecule has 0 aliphatic heterocycles. The number of halogens is 2. The third kappa shape index (κ3) is 3.17. The molecule has 0 amide bonds. The fourth-order valence-electron chi connectivity index (χ4n) is 1.55. The van der Waals surface area contributed by atoms with E-state index in [1.165, 1.54) is 12.1 Å². The fourth-order valence-corrected chi connectivity index (χ4v) is 2.09. The van der Waals surface area contributed by atoms with Crippen LogP contribution in [0.3, 0.4) is 0 Å². The maximum Gasteiger partial charge on any atom is 0.276 e. The maximum absolute atomic E-state index is 10.9. The molecule has 0 saturated heterocycles. The number of nitro groups is 1. The smallest absolute Gasteiger partial charge is 0.276 e. The Bertz CT molecular complexity index is 666. The molecule has 0 bridgehead atoms. The van der Waals surface area contributed by atoms with Crippen LogP contribution in [0.1, 0.15) is 0 Å². The van der Waals surface area contributed by atoms with Gasteiger partial charge in [-0.15, -0.1) is 0 Å². The SMILES string of the molecule is CNc1cc([N+](=O)[O-])cc(Nc2cccc(Cl)c2Br)n1. The quantitative estimate of drug-likeness (QED) is 0.633. The first kappa shape index (κ1) is 14.5. The highest BCUT2D eigenvalue weighted by atomic mass is 79.9. The van der Waals surface area contributed by atoms with Crippen molar-refractivity contribution in [3.05, 3.63) is 49.9 Å². The van der Waals surface area contributed by atoms with E-state index >= 15 is 0 Å². The molecule has 2 aromatic rings. The first-order chi connectivity index (χ1) is 9.51. The Morgan fingerprint density at radius 2 is 2.05 bits per heavy atom. The number of hydrogen-bond acceptors (Lipinski definition) is 5. The molecule has 104 valence electrons. The Labute approximate surface area is 128 Å². The van der Waals surface area contributed by atoms with Gasteiger partial charge in [0.1, 0.15) is 11.6 Å². The molecule has 1 aromatic heterocycles. The van der Waals surface area contributed by atoms with Crippen LogP contribution in [0.4, 0.5) is 23.0 Å². The van der Waals surface area contributed by atoms with Crippen molar-refractivity contribution < 1.29 is 4.92 Å². The van der Waals surface area contributed by atoms with Crippen molar-refractivity contribution in [2.45, 2.75) is 0 Å². The van der Waals surface area contributed by atoms with Crippen LogP contribution in [-0.4, -0.2) is 17.0 Å². The van der Waals surface area contributed by atoms with Gasteiger partial charge in [-0.3, -0.25) is 10.1 Å². The van der Waals surface area contributed by atoms with Gasteiger partial charge in [0.25, 0.3) is 5.69 Å². The summed E-state index contributed by atoms with van der Waals surface area (Å²) < 4.78 is 0.668. The minimum atomic E-state index is -0.472. The zero-order valence-corrected chi connectivity index (χ0v) is 12.7.